The topological polar surface area (TPSA) is 46.6 Å². The van der Waals surface area contributed by atoms with Gasteiger partial charge in [0, 0.05) is 23.7 Å². The quantitative estimate of drug-likeness (QED) is 0.116. The maximum absolute atomic E-state index is 13.5. The number of unbranched alkanes of at least 4 members (excludes halogenated alkanes) is 10. The van der Waals surface area contributed by atoms with Crippen molar-refractivity contribution >= 4 is 34.0 Å². The standard InChI is InChI=1S/C35H51ClFN3O2/c1-4-6-8-10-12-14-21-40(22-15-13-11-9-7-5-2)23-16-24-42-34-27-32-28(25-33(34)41-3)17-20-35(39-32)38-29-18-19-31(37)30(36)26-29/h17-20,25-27H,4-16,21-24H2,1-3H3,(H,38,39). The Hall–Kier alpha value is -2.57. The minimum atomic E-state index is -0.449. The Morgan fingerprint density at radius 2 is 1.40 bits per heavy atom. The Balaban J connectivity index is 1.55. The van der Waals surface area contributed by atoms with Crippen molar-refractivity contribution in [2.75, 3.05) is 38.7 Å². The van der Waals surface area contributed by atoms with E-state index < -0.39 is 5.82 Å². The number of nitrogens with one attached hydrogen (secondary N) is 1. The van der Waals surface area contributed by atoms with E-state index in [0.717, 1.165) is 23.9 Å². The van der Waals surface area contributed by atoms with Crippen LogP contribution < -0.4 is 14.8 Å². The van der Waals surface area contributed by atoms with Gasteiger partial charge in [-0.1, -0.05) is 89.7 Å². The third-order valence-electron chi connectivity index (χ3n) is 7.70. The molecule has 0 aliphatic rings. The van der Waals surface area contributed by atoms with Gasteiger partial charge in [-0.05, 0) is 68.8 Å². The molecule has 1 aromatic heterocycles. The maximum Gasteiger partial charge on any atom is 0.163 e. The van der Waals surface area contributed by atoms with Crippen molar-refractivity contribution in [3.05, 3.63) is 53.3 Å². The van der Waals surface area contributed by atoms with Crippen LogP contribution >= 0.6 is 11.6 Å². The number of pyridine rings is 1. The summed E-state index contributed by atoms with van der Waals surface area (Å²) in [6, 6.07) is 12.3. The maximum atomic E-state index is 13.5. The van der Waals surface area contributed by atoms with E-state index in [2.05, 4.69) is 24.1 Å². The summed E-state index contributed by atoms with van der Waals surface area (Å²) in [6.45, 7) is 8.58. The number of fused-ring (bicyclic) bond motifs is 1. The number of halogens is 2. The normalized spacial score (nSPS) is 11.4. The lowest BCUT2D eigenvalue weighted by Gasteiger charge is -2.22. The molecule has 0 aliphatic heterocycles. The molecule has 0 fully saturated rings. The van der Waals surface area contributed by atoms with E-state index in [1.807, 2.05) is 24.3 Å². The summed E-state index contributed by atoms with van der Waals surface area (Å²) in [5.74, 6) is 1.58. The predicted molar refractivity (Wildman–Crippen MR) is 176 cm³/mol. The molecular weight excluding hydrogens is 549 g/mol. The van der Waals surface area contributed by atoms with Crippen LogP contribution in [0, 0.1) is 5.82 Å². The van der Waals surface area contributed by atoms with Crippen molar-refractivity contribution in [1.29, 1.82) is 0 Å². The first kappa shape index (κ1) is 33.9. The summed E-state index contributed by atoms with van der Waals surface area (Å²) in [5, 5.41) is 4.22. The number of methoxy groups -OCH3 is 1. The van der Waals surface area contributed by atoms with Gasteiger partial charge >= 0.3 is 0 Å². The third kappa shape index (κ3) is 12.0. The molecule has 42 heavy (non-hydrogen) atoms. The molecule has 0 aliphatic carbocycles. The zero-order chi connectivity index (χ0) is 30.0. The minimum absolute atomic E-state index is 0.0683. The van der Waals surface area contributed by atoms with Crippen molar-refractivity contribution in [3.8, 4) is 11.5 Å². The van der Waals surface area contributed by atoms with Crippen molar-refractivity contribution in [1.82, 2.24) is 9.88 Å². The van der Waals surface area contributed by atoms with Crippen molar-refractivity contribution in [2.45, 2.75) is 97.3 Å². The lowest BCUT2D eigenvalue weighted by Crippen LogP contribution is -2.28. The number of hydrogen-bond donors (Lipinski definition) is 1. The van der Waals surface area contributed by atoms with E-state index in [9.17, 15) is 4.39 Å². The third-order valence-corrected chi connectivity index (χ3v) is 7.99. The highest BCUT2D eigenvalue weighted by atomic mass is 35.5. The van der Waals surface area contributed by atoms with Gasteiger partial charge < -0.3 is 19.7 Å². The van der Waals surface area contributed by atoms with E-state index in [1.165, 1.54) is 96.2 Å². The SMILES string of the molecule is CCCCCCCCN(CCCCCCCC)CCCOc1cc2nc(Nc3ccc(F)c(Cl)c3)ccc2cc1OC. The highest BCUT2D eigenvalue weighted by Crippen LogP contribution is 2.33. The van der Waals surface area contributed by atoms with Gasteiger partial charge in [0.15, 0.2) is 11.5 Å². The summed E-state index contributed by atoms with van der Waals surface area (Å²) < 4.78 is 25.4. The fourth-order valence-corrected chi connectivity index (χ4v) is 5.41. The summed E-state index contributed by atoms with van der Waals surface area (Å²) in [7, 11) is 1.67. The first-order chi connectivity index (χ1) is 20.5. The van der Waals surface area contributed by atoms with Crippen molar-refractivity contribution < 1.29 is 13.9 Å². The van der Waals surface area contributed by atoms with Gasteiger partial charge in [-0.15, -0.1) is 0 Å². The molecule has 0 bridgehead atoms. The largest absolute Gasteiger partial charge is 0.493 e. The van der Waals surface area contributed by atoms with Crippen LogP contribution in [-0.2, 0) is 0 Å². The van der Waals surface area contributed by atoms with Crippen LogP contribution in [0.3, 0.4) is 0 Å². The zero-order valence-corrected chi connectivity index (χ0v) is 26.8. The van der Waals surface area contributed by atoms with Gasteiger partial charge in [-0.3, -0.25) is 0 Å². The number of aromatic nitrogens is 1. The Labute approximate surface area is 258 Å². The van der Waals surface area contributed by atoms with E-state index in [0.29, 0.717) is 29.6 Å². The smallest absolute Gasteiger partial charge is 0.163 e. The lowest BCUT2D eigenvalue weighted by atomic mass is 10.1. The Morgan fingerprint density at radius 3 is 2.05 bits per heavy atom. The van der Waals surface area contributed by atoms with Gasteiger partial charge in [0.25, 0.3) is 0 Å². The predicted octanol–water partition coefficient (Wildman–Crippen LogP) is 10.6. The van der Waals surface area contributed by atoms with Gasteiger partial charge in [-0.25, -0.2) is 9.37 Å². The van der Waals surface area contributed by atoms with Gasteiger partial charge in [-0.2, -0.15) is 0 Å². The van der Waals surface area contributed by atoms with Gasteiger partial charge in [0.05, 0.1) is 24.3 Å². The van der Waals surface area contributed by atoms with Crippen LogP contribution in [-0.4, -0.2) is 43.2 Å². The number of ether oxygens (including phenoxy) is 2. The Kier molecular flexibility index (Phi) is 15.8. The molecule has 0 atom stereocenters. The molecule has 232 valence electrons. The summed E-state index contributed by atoms with van der Waals surface area (Å²) >= 11 is 5.94. The molecule has 0 spiro atoms. The summed E-state index contributed by atoms with van der Waals surface area (Å²) in [6.07, 6.45) is 16.9. The highest BCUT2D eigenvalue weighted by molar-refractivity contribution is 6.31. The second kappa shape index (κ2) is 19.6. The molecule has 0 saturated carbocycles. The number of rotatable bonds is 22. The number of hydrogen-bond acceptors (Lipinski definition) is 5. The second-order valence-corrected chi connectivity index (χ2v) is 11.6. The molecule has 2 aromatic carbocycles. The highest BCUT2D eigenvalue weighted by Gasteiger charge is 2.11. The van der Waals surface area contributed by atoms with Gasteiger partial charge in [0.1, 0.15) is 11.6 Å². The fraction of sp³-hybridized carbons (Fsp3) is 0.571. The van der Waals surface area contributed by atoms with Crippen molar-refractivity contribution in [3.63, 3.8) is 0 Å². The molecule has 1 N–H and O–H groups in total. The number of nitrogens with zero attached hydrogens (tertiary/aromatic N) is 2. The first-order valence-corrected chi connectivity index (χ1v) is 16.5. The molecule has 0 unspecified atom stereocenters. The van der Waals surface area contributed by atoms with E-state index in [4.69, 9.17) is 26.1 Å². The second-order valence-electron chi connectivity index (χ2n) is 11.2. The monoisotopic (exact) mass is 599 g/mol. The van der Waals surface area contributed by atoms with Crippen LogP contribution in [0.2, 0.25) is 5.02 Å². The first-order valence-electron chi connectivity index (χ1n) is 16.1. The van der Waals surface area contributed by atoms with Crippen LogP contribution in [0.4, 0.5) is 15.9 Å². The Morgan fingerprint density at radius 1 is 0.762 bits per heavy atom. The number of anilines is 2. The van der Waals surface area contributed by atoms with Crippen LogP contribution in [0.1, 0.15) is 97.3 Å². The lowest BCUT2D eigenvalue weighted by molar-refractivity contribution is 0.223. The molecule has 3 aromatic rings. The molecule has 5 nitrogen and oxygen atoms in total. The summed E-state index contributed by atoms with van der Waals surface area (Å²) in [5.41, 5.74) is 1.46. The molecule has 0 amide bonds. The van der Waals surface area contributed by atoms with Crippen molar-refractivity contribution in [2.24, 2.45) is 0 Å². The molecular formula is C35H51ClFN3O2. The average molecular weight is 600 g/mol. The Bertz CT molecular complexity index is 1180. The van der Waals surface area contributed by atoms with Crippen LogP contribution in [0.5, 0.6) is 11.5 Å². The van der Waals surface area contributed by atoms with Gasteiger partial charge in [0.2, 0.25) is 0 Å². The van der Waals surface area contributed by atoms with Crippen LogP contribution in [0.15, 0.2) is 42.5 Å². The number of benzene rings is 2. The molecule has 3 rings (SSSR count). The fourth-order valence-electron chi connectivity index (χ4n) is 5.23. The van der Waals surface area contributed by atoms with E-state index in [-0.39, 0.29) is 5.02 Å². The molecule has 0 saturated heterocycles. The molecule has 0 radical (unpaired) electrons. The van der Waals surface area contributed by atoms with E-state index >= 15 is 0 Å². The van der Waals surface area contributed by atoms with E-state index in [1.54, 1.807) is 19.2 Å². The van der Waals surface area contributed by atoms with Crippen LogP contribution in [0.25, 0.3) is 10.9 Å². The molecule has 7 heteroatoms. The minimum Gasteiger partial charge on any atom is -0.493 e. The average Bonchev–Trinajstić information content (AvgIpc) is 2.99. The zero-order valence-electron chi connectivity index (χ0n) is 26.0. The summed E-state index contributed by atoms with van der Waals surface area (Å²) in [4.78, 5) is 7.38. The molecule has 1 heterocycles.